The average molecular weight is 266 g/mol. The van der Waals surface area contributed by atoms with Crippen LogP contribution in [0.1, 0.15) is 0 Å². The van der Waals surface area contributed by atoms with Crippen LogP contribution in [0.5, 0.6) is 0 Å². The van der Waals surface area contributed by atoms with Crippen molar-refractivity contribution in [1.29, 1.82) is 0 Å². The van der Waals surface area contributed by atoms with E-state index < -0.39 is 16.3 Å². The van der Waals surface area contributed by atoms with E-state index in [4.69, 9.17) is 0 Å². The Kier molecular flexibility index (Phi) is 3.20. The van der Waals surface area contributed by atoms with Crippen LogP contribution in [0.2, 0.25) is 0 Å². The third-order valence-corrected chi connectivity index (χ3v) is 3.54. The number of ether oxygens (including phenoxy) is 1. The van der Waals surface area contributed by atoms with Crippen LogP contribution in [0.4, 0.5) is 4.79 Å². The number of rotatable bonds is 2. The number of carbonyl (C=O) groups excluding carboxylic acids is 1. The van der Waals surface area contributed by atoms with Gasteiger partial charge in [0, 0.05) is 0 Å². The van der Waals surface area contributed by atoms with Crippen molar-refractivity contribution in [3.8, 4) is 0 Å². The fourth-order valence-corrected chi connectivity index (χ4v) is 2.34. The minimum Gasteiger partial charge on any atom is -0.437 e. The second kappa shape index (κ2) is 4.66. The predicted molar refractivity (Wildman–Crippen MR) is 64.6 cm³/mol. The van der Waals surface area contributed by atoms with Gasteiger partial charge in [0.15, 0.2) is 0 Å². The van der Waals surface area contributed by atoms with Gasteiger partial charge in [-0.2, -0.15) is 8.42 Å². The van der Waals surface area contributed by atoms with Crippen molar-refractivity contribution in [2.45, 2.75) is 4.90 Å². The lowest BCUT2D eigenvalue weighted by Gasteiger charge is -2.05. The molecule has 0 aliphatic rings. The van der Waals surface area contributed by atoms with Crippen LogP contribution in [0, 0.1) is 0 Å². The average Bonchev–Trinajstić information content (AvgIpc) is 2.37. The first-order valence-electron chi connectivity index (χ1n) is 5.04. The molecule has 0 saturated carbocycles. The molecule has 0 amide bonds. The van der Waals surface area contributed by atoms with E-state index in [1.165, 1.54) is 12.1 Å². The predicted octanol–water partition coefficient (Wildman–Crippen LogP) is 2.31. The zero-order chi connectivity index (χ0) is 13.2. The Morgan fingerprint density at radius 2 is 1.72 bits per heavy atom. The molecule has 0 spiro atoms. The maximum Gasteiger partial charge on any atom is 0.524 e. The molecule has 94 valence electrons. The van der Waals surface area contributed by atoms with Crippen molar-refractivity contribution >= 4 is 27.0 Å². The zero-order valence-electron chi connectivity index (χ0n) is 9.49. The van der Waals surface area contributed by atoms with Crippen LogP contribution in [0.3, 0.4) is 0 Å². The van der Waals surface area contributed by atoms with E-state index in [1.807, 2.05) is 12.1 Å². The Morgan fingerprint density at radius 3 is 2.39 bits per heavy atom. The van der Waals surface area contributed by atoms with Crippen molar-refractivity contribution < 1.29 is 22.1 Å². The fourth-order valence-electron chi connectivity index (χ4n) is 1.49. The smallest absolute Gasteiger partial charge is 0.437 e. The Morgan fingerprint density at radius 1 is 1.06 bits per heavy atom. The molecule has 0 N–H and O–H groups in total. The summed E-state index contributed by atoms with van der Waals surface area (Å²) in [7, 11) is -3.10. The molecule has 0 unspecified atom stereocenters. The molecule has 0 saturated heterocycles. The van der Waals surface area contributed by atoms with Crippen LogP contribution in [-0.4, -0.2) is 21.7 Å². The maximum atomic E-state index is 11.7. The van der Waals surface area contributed by atoms with Gasteiger partial charge in [-0.15, -0.1) is 0 Å². The second-order valence-corrected chi connectivity index (χ2v) is 5.05. The molecule has 5 nitrogen and oxygen atoms in total. The quantitative estimate of drug-likeness (QED) is 0.616. The van der Waals surface area contributed by atoms with Gasteiger partial charge in [-0.05, 0) is 22.9 Å². The van der Waals surface area contributed by atoms with E-state index in [9.17, 15) is 13.2 Å². The van der Waals surface area contributed by atoms with Crippen LogP contribution in [0.25, 0.3) is 10.8 Å². The molecule has 2 aromatic rings. The number of carbonyl (C=O) groups is 1. The van der Waals surface area contributed by atoms with Gasteiger partial charge >= 0.3 is 16.3 Å². The number of methoxy groups -OCH3 is 1. The van der Waals surface area contributed by atoms with Crippen LogP contribution < -0.4 is 0 Å². The maximum absolute atomic E-state index is 11.7. The molecular formula is C12H10O5S. The summed E-state index contributed by atoms with van der Waals surface area (Å²) in [5, 5.41) is 1.64. The lowest BCUT2D eigenvalue weighted by molar-refractivity contribution is 0.124. The molecule has 0 aromatic heterocycles. The van der Waals surface area contributed by atoms with E-state index >= 15 is 0 Å². The molecule has 2 rings (SSSR count). The number of benzene rings is 2. The third-order valence-electron chi connectivity index (χ3n) is 2.35. The van der Waals surface area contributed by atoms with Gasteiger partial charge in [0.25, 0.3) is 0 Å². The standard InChI is InChI=1S/C12H10O5S/c1-16-12(13)17-18(14,15)11-7-6-9-4-2-3-5-10(9)8-11/h2-8H,1H3. The molecular weight excluding hydrogens is 256 g/mol. The lowest BCUT2D eigenvalue weighted by Crippen LogP contribution is -2.13. The Balaban J connectivity index is 2.45. The highest BCUT2D eigenvalue weighted by Gasteiger charge is 2.20. The summed E-state index contributed by atoms with van der Waals surface area (Å²) in [6.07, 6.45) is -1.26. The van der Waals surface area contributed by atoms with Gasteiger partial charge in [-0.3, -0.25) is 0 Å². The Bertz CT molecular complexity index is 690. The molecule has 0 bridgehead atoms. The molecule has 0 heterocycles. The molecule has 6 heteroatoms. The topological polar surface area (TPSA) is 69.7 Å². The highest BCUT2D eigenvalue weighted by molar-refractivity contribution is 7.87. The molecule has 0 aliphatic heterocycles. The molecule has 0 atom stereocenters. The summed E-state index contributed by atoms with van der Waals surface area (Å²) in [4.78, 5) is 10.7. The number of fused-ring (bicyclic) bond motifs is 1. The van der Waals surface area contributed by atoms with Crippen LogP contribution in [0.15, 0.2) is 47.4 Å². The van der Waals surface area contributed by atoms with Crippen molar-refractivity contribution in [3.05, 3.63) is 42.5 Å². The van der Waals surface area contributed by atoms with Gasteiger partial charge in [0.05, 0.1) is 7.11 Å². The normalized spacial score (nSPS) is 11.2. The van der Waals surface area contributed by atoms with Crippen molar-refractivity contribution in [1.82, 2.24) is 0 Å². The van der Waals surface area contributed by atoms with Gasteiger partial charge < -0.3 is 8.92 Å². The SMILES string of the molecule is COC(=O)OS(=O)(=O)c1ccc2ccccc2c1. The third kappa shape index (κ3) is 2.43. The Hall–Kier alpha value is -2.08. The van der Waals surface area contributed by atoms with E-state index in [-0.39, 0.29) is 4.90 Å². The van der Waals surface area contributed by atoms with Crippen molar-refractivity contribution in [2.24, 2.45) is 0 Å². The van der Waals surface area contributed by atoms with E-state index in [1.54, 1.807) is 18.2 Å². The van der Waals surface area contributed by atoms with Crippen LogP contribution >= 0.6 is 0 Å². The van der Waals surface area contributed by atoms with Gasteiger partial charge in [0.2, 0.25) is 0 Å². The molecule has 2 aromatic carbocycles. The van der Waals surface area contributed by atoms with Gasteiger partial charge in [0.1, 0.15) is 4.90 Å². The first-order chi connectivity index (χ1) is 8.53. The van der Waals surface area contributed by atoms with E-state index in [2.05, 4.69) is 8.92 Å². The van der Waals surface area contributed by atoms with Crippen molar-refractivity contribution in [2.75, 3.05) is 7.11 Å². The van der Waals surface area contributed by atoms with E-state index in [0.29, 0.717) is 0 Å². The molecule has 0 fully saturated rings. The summed E-state index contributed by atoms with van der Waals surface area (Å²) in [6.45, 7) is 0. The Labute approximate surface area is 104 Å². The fraction of sp³-hybridized carbons (Fsp3) is 0.0833. The number of hydrogen-bond acceptors (Lipinski definition) is 5. The highest BCUT2D eigenvalue weighted by Crippen LogP contribution is 2.20. The van der Waals surface area contributed by atoms with E-state index in [0.717, 1.165) is 17.9 Å². The monoisotopic (exact) mass is 266 g/mol. The first kappa shape index (κ1) is 12.4. The van der Waals surface area contributed by atoms with Crippen molar-refractivity contribution in [3.63, 3.8) is 0 Å². The largest absolute Gasteiger partial charge is 0.524 e. The lowest BCUT2D eigenvalue weighted by atomic mass is 10.1. The number of hydrogen-bond donors (Lipinski definition) is 0. The van der Waals surface area contributed by atoms with Crippen LogP contribution in [-0.2, 0) is 19.0 Å². The molecule has 18 heavy (non-hydrogen) atoms. The second-order valence-electron chi connectivity index (χ2n) is 3.50. The zero-order valence-corrected chi connectivity index (χ0v) is 10.3. The highest BCUT2D eigenvalue weighted by atomic mass is 32.2. The summed E-state index contributed by atoms with van der Waals surface area (Å²) in [6, 6.07) is 11.7. The summed E-state index contributed by atoms with van der Waals surface area (Å²) in [5.41, 5.74) is 0. The summed E-state index contributed by atoms with van der Waals surface area (Å²) < 4.78 is 31.8. The molecule has 0 radical (unpaired) electrons. The minimum absolute atomic E-state index is 0.0911. The molecule has 0 aliphatic carbocycles. The van der Waals surface area contributed by atoms with Gasteiger partial charge in [-0.1, -0.05) is 30.3 Å². The first-order valence-corrected chi connectivity index (χ1v) is 6.45. The van der Waals surface area contributed by atoms with Gasteiger partial charge in [-0.25, -0.2) is 4.79 Å². The summed E-state index contributed by atoms with van der Waals surface area (Å²) in [5.74, 6) is 0. The summed E-state index contributed by atoms with van der Waals surface area (Å²) >= 11 is 0. The minimum atomic E-state index is -4.14.